The normalized spacial score (nSPS) is 11.8. The van der Waals surface area contributed by atoms with Gasteiger partial charge in [-0.15, -0.1) is 0 Å². The van der Waals surface area contributed by atoms with Crippen molar-refractivity contribution in [1.29, 1.82) is 0 Å². The fourth-order valence-electron chi connectivity index (χ4n) is 4.96. The molecule has 0 amide bonds. The molecule has 0 aromatic heterocycles. The lowest BCUT2D eigenvalue weighted by Gasteiger charge is -2.14. The Kier molecular flexibility index (Phi) is 8.04. The maximum absolute atomic E-state index is 6.25. The Balaban J connectivity index is 1.21. The van der Waals surface area contributed by atoms with Crippen LogP contribution in [0.4, 0.5) is 0 Å². The van der Waals surface area contributed by atoms with Crippen LogP contribution in [0, 0.1) is 0 Å². The highest BCUT2D eigenvalue weighted by atomic mass is 16.5. The molecule has 0 fully saturated rings. The van der Waals surface area contributed by atoms with Crippen LogP contribution in [-0.4, -0.2) is 6.61 Å². The van der Waals surface area contributed by atoms with Crippen molar-refractivity contribution in [2.24, 2.45) is 0 Å². The molecule has 0 atom stereocenters. The predicted molar refractivity (Wildman–Crippen MR) is 137 cm³/mol. The maximum Gasteiger partial charge on any atom is 0.127 e. The molecular formula is C30H38O. The number of unbranched alkanes of at least 4 members (excludes halogenated alkanes) is 11. The van der Waals surface area contributed by atoms with Gasteiger partial charge in [-0.05, 0) is 40.1 Å². The van der Waals surface area contributed by atoms with Gasteiger partial charge in [-0.25, -0.2) is 0 Å². The molecular weight excluding hydrogens is 376 g/mol. The first-order chi connectivity index (χ1) is 15.4. The molecule has 0 aliphatic rings. The molecule has 164 valence electrons. The average Bonchev–Trinajstić information content (AvgIpc) is 2.81. The van der Waals surface area contributed by atoms with E-state index in [-0.39, 0.29) is 0 Å². The Morgan fingerprint density at radius 3 is 1.68 bits per heavy atom. The third-order valence-corrected chi connectivity index (χ3v) is 6.74. The van der Waals surface area contributed by atoms with Crippen LogP contribution in [0.3, 0.4) is 0 Å². The summed E-state index contributed by atoms with van der Waals surface area (Å²) in [6.07, 6.45) is 16.5. The van der Waals surface area contributed by atoms with E-state index in [1.165, 1.54) is 103 Å². The molecule has 0 aliphatic carbocycles. The largest absolute Gasteiger partial charge is 0.493 e. The van der Waals surface area contributed by atoms with Gasteiger partial charge in [0.2, 0.25) is 0 Å². The van der Waals surface area contributed by atoms with Crippen LogP contribution in [0.15, 0.2) is 54.6 Å². The van der Waals surface area contributed by atoms with Gasteiger partial charge in [0.15, 0.2) is 0 Å². The molecule has 0 spiro atoms. The summed E-state index contributed by atoms with van der Waals surface area (Å²) in [4.78, 5) is 0. The zero-order chi connectivity index (χ0) is 21.3. The fourth-order valence-corrected chi connectivity index (χ4v) is 4.96. The number of benzene rings is 4. The summed E-state index contributed by atoms with van der Waals surface area (Å²) in [6.45, 7) is 3.11. The lowest BCUT2D eigenvalue weighted by molar-refractivity contribution is 0.307. The van der Waals surface area contributed by atoms with Crippen molar-refractivity contribution < 1.29 is 4.74 Å². The van der Waals surface area contributed by atoms with E-state index >= 15 is 0 Å². The first-order valence-electron chi connectivity index (χ1n) is 12.7. The fraction of sp³-hybridized carbons (Fsp3) is 0.467. The van der Waals surface area contributed by atoms with Crippen molar-refractivity contribution in [2.45, 2.75) is 84.0 Å². The van der Waals surface area contributed by atoms with Crippen LogP contribution in [0.5, 0.6) is 5.75 Å². The van der Waals surface area contributed by atoms with Crippen LogP contribution in [0.2, 0.25) is 0 Å². The van der Waals surface area contributed by atoms with Crippen molar-refractivity contribution in [3.63, 3.8) is 0 Å². The molecule has 1 nitrogen and oxygen atoms in total. The molecule has 0 unspecified atom stereocenters. The van der Waals surface area contributed by atoms with Crippen LogP contribution in [0.25, 0.3) is 32.3 Å². The predicted octanol–water partition coefficient (Wildman–Crippen LogP) is 9.66. The van der Waals surface area contributed by atoms with E-state index in [0.29, 0.717) is 0 Å². The van der Waals surface area contributed by atoms with E-state index in [4.69, 9.17) is 4.74 Å². The van der Waals surface area contributed by atoms with E-state index in [2.05, 4.69) is 61.5 Å². The third-order valence-electron chi connectivity index (χ3n) is 6.74. The molecule has 4 aromatic rings. The van der Waals surface area contributed by atoms with Gasteiger partial charge in [-0.1, -0.05) is 120 Å². The highest BCUT2D eigenvalue weighted by Crippen LogP contribution is 2.38. The zero-order valence-corrected chi connectivity index (χ0v) is 19.3. The van der Waals surface area contributed by atoms with Gasteiger partial charge < -0.3 is 4.74 Å². The topological polar surface area (TPSA) is 9.23 Å². The third kappa shape index (κ3) is 5.50. The van der Waals surface area contributed by atoms with Crippen molar-refractivity contribution in [1.82, 2.24) is 0 Å². The monoisotopic (exact) mass is 414 g/mol. The number of ether oxygens (including phenoxy) is 1. The van der Waals surface area contributed by atoms with E-state index in [1.807, 2.05) is 0 Å². The standard InChI is InChI=1S/C30H38O/c1-2-3-4-5-6-7-8-9-10-11-12-13-23-31-28-22-20-26-18-17-24-15-14-16-25-19-21-27(28)30(26)29(24)25/h14-22H,2-13,23H2,1H3. The second-order valence-corrected chi connectivity index (χ2v) is 9.16. The SMILES string of the molecule is CCCCCCCCCCCCCCOc1ccc2ccc3cccc4ccc1c2c34. The van der Waals surface area contributed by atoms with Crippen LogP contribution in [-0.2, 0) is 0 Å². The summed E-state index contributed by atoms with van der Waals surface area (Å²) in [5, 5.41) is 7.90. The van der Waals surface area contributed by atoms with E-state index in [9.17, 15) is 0 Å². The lowest BCUT2D eigenvalue weighted by Crippen LogP contribution is -1.98. The Hall–Kier alpha value is -2.28. The second-order valence-electron chi connectivity index (χ2n) is 9.16. The minimum atomic E-state index is 0.821. The Morgan fingerprint density at radius 2 is 1.03 bits per heavy atom. The van der Waals surface area contributed by atoms with Crippen molar-refractivity contribution >= 4 is 32.3 Å². The molecule has 0 N–H and O–H groups in total. The summed E-state index contributed by atoms with van der Waals surface area (Å²) in [6, 6.07) is 19.9. The van der Waals surface area contributed by atoms with Gasteiger partial charge in [0, 0.05) is 10.8 Å². The first kappa shape index (κ1) is 21.9. The number of rotatable bonds is 14. The van der Waals surface area contributed by atoms with Crippen LogP contribution < -0.4 is 4.74 Å². The Labute approximate surface area is 188 Å². The van der Waals surface area contributed by atoms with Gasteiger partial charge in [-0.3, -0.25) is 0 Å². The Morgan fingerprint density at radius 1 is 0.516 bits per heavy atom. The summed E-state index contributed by atoms with van der Waals surface area (Å²) in [5.41, 5.74) is 0. The van der Waals surface area contributed by atoms with Crippen LogP contribution in [0.1, 0.15) is 84.0 Å². The molecule has 0 saturated heterocycles. The zero-order valence-electron chi connectivity index (χ0n) is 19.3. The van der Waals surface area contributed by atoms with Gasteiger partial charge in [0.05, 0.1) is 6.61 Å². The van der Waals surface area contributed by atoms with Gasteiger partial charge >= 0.3 is 0 Å². The molecule has 0 radical (unpaired) electrons. The molecule has 4 rings (SSSR count). The molecule has 31 heavy (non-hydrogen) atoms. The maximum atomic E-state index is 6.25. The molecule has 1 heteroatoms. The van der Waals surface area contributed by atoms with Crippen molar-refractivity contribution in [2.75, 3.05) is 6.61 Å². The molecule has 0 saturated carbocycles. The molecule has 0 bridgehead atoms. The summed E-state index contributed by atoms with van der Waals surface area (Å²) in [7, 11) is 0. The summed E-state index contributed by atoms with van der Waals surface area (Å²) < 4.78 is 6.25. The molecule has 4 aromatic carbocycles. The lowest BCUT2D eigenvalue weighted by atomic mass is 9.94. The van der Waals surface area contributed by atoms with Crippen LogP contribution >= 0.6 is 0 Å². The number of hydrogen-bond donors (Lipinski definition) is 0. The van der Waals surface area contributed by atoms with E-state index in [0.717, 1.165) is 18.8 Å². The van der Waals surface area contributed by atoms with Gasteiger partial charge in [0.1, 0.15) is 5.75 Å². The highest BCUT2D eigenvalue weighted by Gasteiger charge is 2.11. The summed E-state index contributed by atoms with van der Waals surface area (Å²) in [5.74, 6) is 1.04. The quantitative estimate of drug-likeness (QED) is 0.147. The molecule has 0 heterocycles. The second kappa shape index (κ2) is 11.4. The van der Waals surface area contributed by atoms with E-state index < -0.39 is 0 Å². The van der Waals surface area contributed by atoms with E-state index in [1.54, 1.807) is 0 Å². The Bertz CT molecular complexity index is 1050. The van der Waals surface area contributed by atoms with Gasteiger partial charge in [0.25, 0.3) is 0 Å². The minimum Gasteiger partial charge on any atom is -0.493 e. The average molecular weight is 415 g/mol. The first-order valence-corrected chi connectivity index (χ1v) is 12.7. The highest BCUT2D eigenvalue weighted by molar-refractivity contribution is 6.24. The van der Waals surface area contributed by atoms with Gasteiger partial charge in [-0.2, -0.15) is 0 Å². The minimum absolute atomic E-state index is 0.821. The summed E-state index contributed by atoms with van der Waals surface area (Å²) >= 11 is 0. The smallest absolute Gasteiger partial charge is 0.127 e. The molecule has 0 aliphatic heterocycles. The van der Waals surface area contributed by atoms with Crippen molar-refractivity contribution in [3.05, 3.63) is 54.6 Å². The number of hydrogen-bond acceptors (Lipinski definition) is 1. The van der Waals surface area contributed by atoms with Crippen molar-refractivity contribution in [3.8, 4) is 5.75 Å².